The molecule has 1 amide bonds. The number of carbonyl (C=O) groups excluding carboxylic acids is 1. The summed E-state index contributed by atoms with van der Waals surface area (Å²) < 4.78 is 0. The van der Waals surface area contributed by atoms with Gasteiger partial charge in [0.05, 0.1) is 11.2 Å². The van der Waals surface area contributed by atoms with Crippen LogP contribution in [0.3, 0.4) is 0 Å². The highest BCUT2D eigenvalue weighted by Crippen LogP contribution is 2.17. The van der Waals surface area contributed by atoms with Crippen LogP contribution in [0.5, 0.6) is 0 Å². The van der Waals surface area contributed by atoms with Crippen molar-refractivity contribution < 1.29 is 9.63 Å². The molecule has 0 unspecified atom stereocenters. The number of hydrogen-bond donors (Lipinski definition) is 1. The molecular weight excluding hydrogens is 314 g/mol. The minimum atomic E-state index is -0.0924. The van der Waals surface area contributed by atoms with Gasteiger partial charge in [0.15, 0.2) is 0 Å². The normalized spacial score (nSPS) is 11.4. The fourth-order valence-electron chi connectivity index (χ4n) is 2.53. The van der Waals surface area contributed by atoms with Crippen molar-refractivity contribution in [2.24, 2.45) is 5.16 Å². The summed E-state index contributed by atoms with van der Waals surface area (Å²) in [6.45, 7) is 3.72. The Balaban J connectivity index is 1.68. The average Bonchev–Trinajstić information content (AvgIpc) is 2.62. The van der Waals surface area contributed by atoms with Crippen LogP contribution in [0, 0.1) is 0 Å². The van der Waals surface area contributed by atoms with Crippen molar-refractivity contribution in [3.8, 4) is 0 Å². The van der Waals surface area contributed by atoms with E-state index in [9.17, 15) is 4.79 Å². The zero-order valence-electron chi connectivity index (χ0n) is 14.2. The molecule has 1 aromatic heterocycles. The highest BCUT2D eigenvalue weighted by molar-refractivity contribution is 5.99. The maximum Gasteiger partial charge on any atom is 0.221 e. The van der Waals surface area contributed by atoms with Crippen LogP contribution in [0.1, 0.15) is 25.0 Å². The molecule has 0 saturated carbocycles. The first-order valence-corrected chi connectivity index (χ1v) is 8.01. The second kappa shape index (κ2) is 7.57. The first-order valence-electron chi connectivity index (χ1n) is 8.01. The Morgan fingerprint density at radius 3 is 2.60 bits per heavy atom. The lowest BCUT2D eigenvalue weighted by atomic mass is 10.1. The number of hydrogen-bond acceptors (Lipinski definition) is 4. The molecule has 0 aliphatic heterocycles. The number of anilines is 1. The summed E-state index contributed by atoms with van der Waals surface area (Å²) in [6.07, 6.45) is 1.77. The molecule has 0 spiro atoms. The highest BCUT2D eigenvalue weighted by Gasteiger charge is 2.03. The Labute approximate surface area is 146 Å². The van der Waals surface area contributed by atoms with Crippen molar-refractivity contribution in [2.75, 3.05) is 5.32 Å². The summed E-state index contributed by atoms with van der Waals surface area (Å²) in [5.74, 6) is -0.0924. The Bertz CT molecular complexity index is 912. The summed E-state index contributed by atoms with van der Waals surface area (Å²) in [5.41, 5.74) is 4.38. The number of nitrogens with one attached hydrogen (secondary N) is 1. The molecular formula is C20H19N3O2. The number of nitrogens with zero attached hydrogens (tertiary/aromatic N) is 2. The van der Waals surface area contributed by atoms with E-state index in [0.29, 0.717) is 6.61 Å². The van der Waals surface area contributed by atoms with E-state index in [1.54, 1.807) is 6.20 Å². The Morgan fingerprint density at radius 2 is 1.84 bits per heavy atom. The van der Waals surface area contributed by atoms with E-state index in [-0.39, 0.29) is 5.91 Å². The number of benzene rings is 2. The smallest absolute Gasteiger partial charge is 0.221 e. The molecule has 0 aliphatic carbocycles. The predicted octanol–water partition coefficient (Wildman–Crippen LogP) is 4.13. The van der Waals surface area contributed by atoms with Gasteiger partial charge in [-0.2, -0.15) is 0 Å². The van der Waals surface area contributed by atoms with Gasteiger partial charge in [-0.05, 0) is 30.7 Å². The summed E-state index contributed by atoms with van der Waals surface area (Å²) in [5, 5.41) is 8.01. The summed E-state index contributed by atoms with van der Waals surface area (Å²) >= 11 is 0. The minimum absolute atomic E-state index is 0.0924. The molecule has 5 nitrogen and oxygen atoms in total. The molecule has 0 radical (unpaired) electrons. The van der Waals surface area contributed by atoms with Gasteiger partial charge in [0, 0.05) is 29.8 Å². The van der Waals surface area contributed by atoms with Crippen LogP contribution in [0.4, 0.5) is 5.69 Å². The molecule has 0 atom stereocenters. The number of aromatic nitrogens is 1. The van der Waals surface area contributed by atoms with Gasteiger partial charge < -0.3 is 10.2 Å². The second-order valence-electron chi connectivity index (χ2n) is 5.70. The van der Waals surface area contributed by atoms with Crippen LogP contribution >= 0.6 is 0 Å². The fraction of sp³-hybridized carbons (Fsp3) is 0.150. The Hall–Kier alpha value is -3.21. The quantitative estimate of drug-likeness (QED) is 0.564. The van der Waals surface area contributed by atoms with Crippen LogP contribution in [0.25, 0.3) is 10.9 Å². The molecule has 1 heterocycles. The summed E-state index contributed by atoms with van der Waals surface area (Å²) in [6, 6.07) is 17.4. The lowest BCUT2D eigenvalue weighted by Crippen LogP contribution is -2.06. The third-order valence-electron chi connectivity index (χ3n) is 3.76. The van der Waals surface area contributed by atoms with E-state index in [2.05, 4.69) is 15.5 Å². The molecule has 0 saturated heterocycles. The molecule has 0 fully saturated rings. The molecule has 0 aliphatic rings. The topological polar surface area (TPSA) is 63.6 Å². The predicted molar refractivity (Wildman–Crippen MR) is 99.5 cm³/mol. The van der Waals surface area contributed by atoms with E-state index < -0.39 is 0 Å². The van der Waals surface area contributed by atoms with Crippen LogP contribution in [-0.2, 0) is 16.2 Å². The van der Waals surface area contributed by atoms with Gasteiger partial charge in [-0.3, -0.25) is 9.78 Å². The van der Waals surface area contributed by atoms with Crippen molar-refractivity contribution in [2.45, 2.75) is 20.5 Å². The Morgan fingerprint density at radius 1 is 1.08 bits per heavy atom. The summed E-state index contributed by atoms with van der Waals surface area (Å²) in [4.78, 5) is 21.0. The van der Waals surface area contributed by atoms with Gasteiger partial charge in [-0.1, -0.05) is 41.6 Å². The monoisotopic (exact) mass is 333 g/mol. The van der Waals surface area contributed by atoms with E-state index in [4.69, 9.17) is 4.84 Å². The van der Waals surface area contributed by atoms with E-state index >= 15 is 0 Å². The van der Waals surface area contributed by atoms with E-state index in [1.807, 2.05) is 61.5 Å². The number of carbonyl (C=O) groups is 1. The SMILES string of the molecule is CC(=O)Nc1ccc(/C(C)=N/OCc2cccc3cccnc23)cc1. The van der Waals surface area contributed by atoms with Gasteiger partial charge in [0.1, 0.15) is 6.61 Å². The molecule has 25 heavy (non-hydrogen) atoms. The third kappa shape index (κ3) is 4.20. The van der Waals surface area contributed by atoms with Crippen molar-refractivity contribution >= 4 is 28.2 Å². The number of oxime groups is 1. The number of rotatable bonds is 5. The first-order chi connectivity index (χ1) is 12.1. The van der Waals surface area contributed by atoms with Gasteiger partial charge in [0.2, 0.25) is 5.91 Å². The zero-order chi connectivity index (χ0) is 17.6. The zero-order valence-corrected chi connectivity index (χ0v) is 14.2. The van der Waals surface area contributed by atoms with Gasteiger partial charge in [0.25, 0.3) is 0 Å². The average molecular weight is 333 g/mol. The lowest BCUT2D eigenvalue weighted by Gasteiger charge is -2.06. The fourth-order valence-corrected chi connectivity index (χ4v) is 2.53. The Kier molecular flexibility index (Phi) is 5.04. The number of pyridine rings is 1. The number of amides is 1. The van der Waals surface area contributed by atoms with Crippen molar-refractivity contribution in [3.63, 3.8) is 0 Å². The molecule has 1 N–H and O–H groups in total. The largest absolute Gasteiger partial charge is 0.391 e. The van der Waals surface area contributed by atoms with E-state index in [0.717, 1.165) is 33.4 Å². The molecule has 3 rings (SSSR count). The van der Waals surface area contributed by atoms with Gasteiger partial charge >= 0.3 is 0 Å². The van der Waals surface area contributed by atoms with E-state index in [1.165, 1.54) is 6.92 Å². The molecule has 5 heteroatoms. The van der Waals surface area contributed by atoms with Crippen LogP contribution in [0.15, 0.2) is 65.9 Å². The van der Waals surface area contributed by atoms with Crippen molar-refractivity contribution in [1.29, 1.82) is 0 Å². The molecule has 0 bridgehead atoms. The van der Waals surface area contributed by atoms with Crippen LogP contribution in [-0.4, -0.2) is 16.6 Å². The molecule has 126 valence electrons. The van der Waals surface area contributed by atoms with Crippen molar-refractivity contribution in [1.82, 2.24) is 4.98 Å². The van der Waals surface area contributed by atoms with Crippen molar-refractivity contribution in [3.05, 3.63) is 71.9 Å². The maximum atomic E-state index is 11.0. The minimum Gasteiger partial charge on any atom is -0.391 e. The molecule has 3 aromatic rings. The number of fused-ring (bicyclic) bond motifs is 1. The second-order valence-corrected chi connectivity index (χ2v) is 5.70. The van der Waals surface area contributed by atoms with Gasteiger partial charge in [-0.15, -0.1) is 0 Å². The van der Waals surface area contributed by atoms with Crippen LogP contribution < -0.4 is 5.32 Å². The summed E-state index contributed by atoms with van der Waals surface area (Å²) in [7, 11) is 0. The molecule has 2 aromatic carbocycles. The third-order valence-corrected chi connectivity index (χ3v) is 3.76. The van der Waals surface area contributed by atoms with Gasteiger partial charge in [-0.25, -0.2) is 0 Å². The number of para-hydroxylation sites is 1. The first kappa shape index (κ1) is 16.6. The van der Waals surface area contributed by atoms with Crippen LogP contribution in [0.2, 0.25) is 0 Å². The highest BCUT2D eigenvalue weighted by atomic mass is 16.6. The maximum absolute atomic E-state index is 11.0. The lowest BCUT2D eigenvalue weighted by molar-refractivity contribution is -0.114. The standard InChI is InChI=1S/C20H19N3O2/c1-14(16-8-10-19(11-9-16)22-15(2)24)23-25-13-18-6-3-5-17-7-4-12-21-20(17)18/h3-12H,13H2,1-2H3,(H,22,24)/b23-14+.